The van der Waals surface area contributed by atoms with Crippen LogP contribution in [-0.4, -0.2) is 79.6 Å². The second-order valence-corrected chi connectivity index (χ2v) is 10.7. The molecule has 0 bridgehead atoms. The Morgan fingerprint density at radius 1 is 1.17 bits per heavy atom. The highest BCUT2D eigenvalue weighted by Gasteiger charge is 2.57. The molecular formula is C27H39N3O5. The average molecular weight is 486 g/mol. The molecule has 8 nitrogen and oxygen atoms in total. The number of esters is 1. The van der Waals surface area contributed by atoms with Gasteiger partial charge in [-0.25, -0.2) is 4.79 Å². The molecule has 1 aromatic carbocycles. The van der Waals surface area contributed by atoms with Crippen molar-refractivity contribution in [2.24, 2.45) is 10.8 Å². The van der Waals surface area contributed by atoms with Crippen LogP contribution in [-0.2, 0) is 25.6 Å². The molecule has 1 N–H and O–H groups in total. The molecule has 2 aliphatic heterocycles. The molecule has 0 radical (unpaired) electrons. The van der Waals surface area contributed by atoms with E-state index in [0.29, 0.717) is 51.3 Å². The number of methoxy groups -OCH3 is 1. The zero-order chi connectivity index (χ0) is 25.8. The highest BCUT2D eigenvalue weighted by molar-refractivity contribution is 6.13. The van der Waals surface area contributed by atoms with Crippen molar-refractivity contribution in [3.8, 4) is 0 Å². The summed E-state index contributed by atoms with van der Waals surface area (Å²) in [6.45, 7) is 15.3. The van der Waals surface area contributed by atoms with Gasteiger partial charge in [-0.3, -0.25) is 14.5 Å². The van der Waals surface area contributed by atoms with Crippen LogP contribution in [0.5, 0.6) is 0 Å². The van der Waals surface area contributed by atoms with Crippen molar-refractivity contribution in [1.82, 2.24) is 15.1 Å². The molecule has 0 aliphatic carbocycles. The summed E-state index contributed by atoms with van der Waals surface area (Å²) in [5, 5.41) is 2.98. The van der Waals surface area contributed by atoms with Gasteiger partial charge in [0.05, 0.1) is 19.3 Å². The Bertz CT molecular complexity index is 934. The van der Waals surface area contributed by atoms with Gasteiger partial charge in [0.2, 0.25) is 0 Å². The molecule has 2 aliphatic rings. The first kappa shape index (κ1) is 26.9. The number of nitrogens with zero attached hydrogens (tertiary/aromatic N) is 2. The largest absolute Gasteiger partial charge is 0.468 e. The number of carbonyl (C=O) groups excluding carboxylic acids is 3. The standard InChI is InChI=1S/C27H39N3O5/c1-19-22(31)27(5,24(32)34-6)21(35-23(19)26(2,3)4)12-13-29-14-16-30(17-15-29)25(33)28-18-20-10-8-7-9-11-20/h7-11,21,23H,1,12-18H2,2-6H3,(H,28,33)/t21-,23-,27-/m1/s1. The van der Waals surface area contributed by atoms with Gasteiger partial charge in [-0.15, -0.1) is 0 Å². The Labute approximate surface area is 208 Å². The molecule has 0 unspecified atom stereocenters. The van der Waals surface area contributed by atoms with Crippen LogP contribution in [0.25, 0.3) is 0 Å². The van der Waals surface area contributed by atoms with Crippen molar-refractivity contribution in [2.45, 2.75) is 52.9 Å². The summed E-state index contributed by atoms with van der Waals surface area (Å²) < 4.78 is 11.4. The lowest BCUT2D eigenvalue weighted by atomic mass is 9.69. The Hall–Kier alpha value is -2.71. The minimum atomic E-state index is -1.42. The summed E-state index contributed by atoms with van der Waals surface area (Å²) in [5.41, 5.74) is -0.378. The predicted molar refractivity (Wildman–Crippen MR) is 134 cm³/mol. The highest BCUT2D eigenvalue weighted by atomic mass is 16.5. The summed E-state index contributed by atoms with van der Waals surface area (Å²) in [7, 11) is 1.29. The van der Waals surface area contributed by atoms with Crippen molar-refractivity contribution in [3.05, 3.63) is 48.0 Å². The highest BCUT2D eigenvalue weighted by Crippen LogP contribution is 2.43. The lowest BCUT2D eigenvalue weighted by molar-refractivity contribution is -0.182. The lowest BCUT2D eigenvalue weighted by Gasteiger charge is -2.46. The first-order valence-electron chi connectivity index (χ1n) is 12.2. The number of rotatable bonds is 6. The molecule has 0 spiro atoms. The molecule has 2 saturated heterocycles. The number of hydrogen-bond acceptors (Lipinski definition) is 6. The number of ketones is 1. The minimum absolute atomic E-state index is 0.0699. The molecule has 1 aromatic rings. The second kappa shape index (κ2) is 10.9. The number of carbonyl (C=O) groups is 3. The first-order chi connectivity index (χ1) is 16.5. The fourth-order valence-corrected chi connectivity index (χ4v) is 4.86. The van der Waals surface area contributed by atoms with E-state index in [4.69, 9.17) is 9.47 Å². The van der Waals surface area contributed by atoms with E-state index in [0.717, 1.165) is 5.56 Å². The summed E-state index contributed by atoms with van der Waals surface area (Å²) in [4.78, 5) is 42.6. The van der Waals surface area contributed by atoms with Crippen molar-refractivity contribution in [3.63, 3.8) is 0 Å². The van der Waals surface area contributed by atoms with E-state index >= 15 is 0 Å². The van der Waals surface area contributed by atoms with Crippen LogP contribution in [0.1, 0.15) is 39.7 Å². The van der Waals surface area contributed by atoms with Crippen molar-refractivity contribution >= 4 is 17.8 Å². The van der Waals surface area contributed by atoms with Crippen LogP contribution >= 0.6 is 0 Å². The van der Waals surface area contributed by atoms with Gasteiger partial charge in [0.25, 0.3) is 0 Å². The van der Waals surface area contributed by atoms with E-state index in [1.807, 2.05) is 56.0 Å². The number of piperazine rings is 1. The van der Waals surface area contributed by atoms with Crippen LogP contribution in [0.4, 0.5) is 4.79 Å². The van der Waals surface area contributed by atoms with Crippen molar-refractivity contribution in [2.75, 3.05) is 39.8 Å². The number of Topliss-reactive ketones (excluding diaryl/α,β-unsaturated/α-hetero) is 1. The van der Waals surface area contributed by atoms with Gasteiger partial charge in [-0.05, 0) is 24.3 Å². The maximum Gasteiger partial charge on any atom is 0.322 e. The molecule has 2 amide bonds. The van der Waals surface area contributed by atoms with E-state index in [1.54, 1.807) is 6.92 Å². The number of ether oxygens (including phenoxy) is 2. The number of benzene rings is 1. The molecule has 2 fully saturated rings. The summed E-state index contributed by atoms with van der Waals surface area (Å²) >= 11 is 0. The molecule has 3 rings (SSSR count). The molecule has 0 aromatic heterocycles. The van der Waals surface area contributed by atoms with Crippen LogP contribution in [0.15, 0.2) is 42.5 Å². The molecule has 35 heavy (non-hydrogen) atoms. The lowest BCUT2D eigenvalue weighted by Crippen LogP contribution is -2.58. The van der Waals surface area contributed by atoms with Gasteiger partial charge in [-0.1, -0.05) is 57.7 Å². The van der Waals surface area contributed by atoms with Gasteiger partial charge in [-0.2, -0.15) is 0 Å². The van der Waals surface area contributed by atoms with Crippen LogP contribution < -0.4 is 5.32 Å². The molecule has 2 heterocycles. The van der Waals surface area contributed by atoms with E-state index in [2.05, 4.69) is 16.8 Å². The quantitative estimate of drug-likeness (QED) is 0.379. The molecule has 3 atom stereocenters. The van der Waals surface area contributed by atoms with Gasteiger partial charge < -0.3 is 19.7 Å². The Balaban J connectivity index is 1.57. The predicted octanol–water partition coefficient (Wildman–Crippen LogP) is 3.02. The third-order valence-electron chi connectivity index (χ3n) is 7.07. The SMILES string of the molecule is C=C1C(=O)[C@](C)(C(=O)OC)[C@@H](CCN2CCN(C(=O)NCc3ccccc3)CC2)O[C@H]1C(C)(C)C. The van der Waals surface area contributed by atoms with Gasteiger partial charge >= 0.3 is 12.0 Å². The van der Waals surface area contributed by atoms with Gasteiger partial charge in [0, 0.05) is 44.8 Å². The zero-order valence-corrected chi connectivity index (χ0v) is 21.6. The Morgan fingerprint density at radius 3 is 2.37 bits per heavy atom. The maximum atomic E-state index is 13.3. The summed E-state index contributed by atoms with van der Waals surface area (Å²) in [6, 6.07) is 9.75. The van der Waals surface area contributed by atoms with Crippen LogP contribution in [0.2, 0.25) is 0 Å². The third-order valence-corrected chi connectivity index (χ3v) is 7.07. The van der Waals surface area contributed by atoms with E-state index in [-0.39, 0.29) is 17.2 Å². The molecule has 192 valence electrons. The number of urea groups is 1. The van der Waals surface area contributed by atoms with Gasteiger partial charge in [0.15, 0.2) is 11.2 Å². The zero-order valence-electron chi connectivity index (χ0n) is 21.6. The molecule has 0 saturated carbocycles. The number of nitrogens with one attached hydrogen (secondary N) is 1. The number of amides is 2. The monoisotopic (exact) mass is 485 g/mol. The van der Waals surface area contributed by atoms with E-state index in [1.165, 1.54) is 7.11 Å². The fourth-order valence-electron chi connectivity index (χ4n) is 4.86. The smallest absolute Gasteiger partial charge is 0.322 e. The van der Waals surface area contributed by atoms with Gasteiger partial charge in [0.1, 0.15) is 0 Å². The normalized spacial score (nSPS) is 25.9. The van der Waals surface area contributed by atoms with Crippen molar-refractivity contribution in [1.29, 1.82) is 0 Å². The van der Waals surface area contributed by atoms with E-state index in [9.17, 15) is 14.4 Å². The Morgan fingerprint density at radius 2 is 1.80 bits per heavy atom. The Kier molecular flexibility index (Phi) is 8.38. The first-order valence-corrected chi connectivity index (χ1v) is 12.2. The topological polar surface area (TPSA) is 88.2 Å². The maximum absolute atomic E-state index is 13.3. The summed E-state index contributed by atoms with van der Waals surface area (Å²) in [6.07, 6.45) is -0.593. The molecular weight excluding hydrogens is 446 g/mol. The minimum Gasteiger partial charge on any atom is -0.468 e. The fraction of sp³-hybridized carbons (Fsp3) is 0.593. The van der Waals surface area contributed by atoms with E-state index < -0.39 is 23.6 Å². The van der Waals surface area contributed by atoms with Crippen molar-refractivity contribution < 1.29 is 23.9 Å². The average Bonchev–Trinajstić information content (AvgIpc) is 2.85. The second-order valence-electron chi connectivity index (χ2n) is 10.7. The number of hydrogen-bond donors (Lipinski definition) is 1. The molecule has 8 heteroatoms. The third kappa shape index (κ3) is 5.93. The summed E-state index contributed by atoms with van der Waals surface area (Å²) in [5.74, 6) is -0.902. The van der Waals surface area contributed by atoms with Crippen LogP contribution in [0, 0.1) is 10.8 Å². The van der Waals surface area contributed by atoms with Crippen LogP contribution in [0.3, 0.4) is 0 Å².